The van der Waals surface area contributed by atoms with Gasteiger partial charge in [-0.25, -0.2) is 0 Å². The van der Waals surface area contributed by atoms with Crippen LogP contribution in [0.15, 0.2) is 36.5 Å². The van der Waals surface area contributed by atoms with Crippen LogP contribution in [0.3, 0.4) is 0 Å². The molecule has 0 amide bonds. The molecule has 0 saturated heterocycles. The van der Waals surface area contributed by atoms with Gasteiger partial charge in [-0.1, -0.05) is 43.4 Å². The van der Waals surface area contributed by atoms with Crippen LogP contribution in [0.2, 0.25) is 0 Å². The minimum atomic E-state index is 1.11. The minimum absolute atomic E-state index is 1.11. The van der Waals surface area contributed by atoms with Crippen LogP contribution in [0, 0.1) is 0 Å². The second-order valence-electron chi connectivity index (χ2n) is 1.75. The summed E-state index contributed by atoms with van der Waals surface area (Å²) in [6.07, 6.45) is 13.4. The molecule has 0 aliphatic rings. The monoisotopic (exact) mass is 122 g/mol. The van der Waals surface area contributed by atoms with Gasteiger partial charge in [-0.3, -0.25) is 0 Å². The third-order valence-corrected chi connectivity index (χ3v) is 0.898. The van der Waals surface area contributed by atoms with Crippen molar-refractivity contribution in [1.29, 1.82) is 0 Å². The number of hydrogen-bond acceptors (Lipinski definition) is 0. The standard InChI is InChI=1S/C9H14/c1-3-5-7-9-8-6-4-2/h3,5-9H,4H2,1-2H3/b5-3+,8-6?,9-7?. The quantitative estimate of drug-likeness (QED) is 0.504. The van der Waals surface area contributed by atoms with E-state index in [9.17, 15) is 0 Å². The Hall–Kier alpha value is -0.780. The minimum Gasteiger partial charge on any atom is -0.0877 e. The smallest absolute Gasteiger partial charge is 0.0376 e. The molecule has 0 atom stereocenters. The van der Waals surface area contributed by atoms with Crippen LogP contribution in [0.25, 0.3) is 0 Å². The Labute approximate surface area is 57.6 Å². The van der Waals surface area contributed by atoms with Gasteiger partial charge in [0.1, 0.15) is 0 Å². The number of allylic oxidation sites excluding steroid dienone is 6. The molecule has 0 aliphatic heterocycles. The molecule has 0 aromatic heterocycles. The van der Waals surface area contributed by atoms with E-state index < -0.39 is 0 Å². The second kappa shape index (κ2) is 7.22. The van der Waals surface area contributed by atoms with Crippen molar-refractivity contribution in [1.82, 2.24) is 0 Å². The summed E-state index contributed by atoms with van der Waals surface area (Å²) < 4.78 is 0. The van der Waals surface area contributed by atoms with Gasteiger partial charge in [0.25, 0.3) is 0 Å². The molecule has 50 valence electrons. The molecule has 9 heavy (non-hydrogen) atoms. The average molecular weight is 122 g/mol. The summed E-state index contributed by atoms with van der Waals surface area (Å²) in [7, 11) is 0. The fraction of sp³-hybridized carbons (Fsp3) is 0.333. The highest BCUT2D eigenvalue weighted by Gasteiger charge is 1.60. The van der Waals surface area contributed by atoms with Gasteiger partial charge in [0.15, 0.2) is 0 Å². The zero-order valence-corrected chi connectivity index (χ0v) is 6.17. The van der Waals surface area contributed by atoms with E-state index in [1.165, 1.54) is 0 Å². The molecule has 0 nitrogen and oxygen atoms in total. The lowest BCUT2D eigenvalue weighted by Crippen LogP contribution is -1.51. The zero-order valence-electron chi connectivity index (χ0n) is 6.17. The molecule has 0 N–H and O–H groups in total. The van der Waals surface area contributed by atoms with E-state index >= 15 is 0 Å². The molecule has 0 radical (unpaired) electrons. The molecule has 0 heterocycles. The van der Waals surface area contributed by atoms with E-state index in [4.69, 9.17) is 0 Å². The Morgan fingerprint density at radius 3 is 2.22 bits per heavy atom. The van der Waals surface area contributed by atoms with Gasteiger partial charge < -0.3 is 0 Å². The van der Waals surface area contributed by atoms with E-state index in [1.54, 1.807) is 0 Å². The summed E-state index contributed by atoms with van der Waals surface area (Å²) in [6.45, 7) is 4.13. The summed E-state index contributed by atoms with van der Waals surface area (Å²) >= 11 is 0. The van der Waals surface area contributed by atoms with Gasteiger partial charge >= 0.3 is 0 Å². The van der Waals surface area contributed by atoms with Crippen LogP contribution in [-0.4, -0.2) is 0 Å². The van der Waals surface area contributed by atoms with Crippen molar-refractivity contribution in [2.75, 3.05) is 0 Å². The van der Waals surface area contributed by atoms with E-state index in [0.717, 1.165) is 6.42 Å². The molecule has 0 aromatic carbocycles. The zero-order chi connectivity index (χ0) is 6.95. The van der Waals surface area contributed by atoms with Gasteiger partial charge in [0, 0.05) is 0 Å². The molecular formula is C9H14. The lowest BCUT2D eigenvalue weighted by atomic mass is 10.4. The highest BCUT2D eigenvalue weighted by Crippen LogP contribution is 1.82. The largest absolute Gasteiger partial charge is 0.0877 e. The maximum absolute atomic E-state index is 2.12. The summed E-state index contributed by atoms with van der Waals surface area (Å²) in [5.41, 5.74) is 0. The third-order valence-electron chi connectivity index (χ3n) is 0.898. The van der Waals surface area contributed by atoms with Crippen LogP contribution in [0.1, 0.15) is 20.3 Å². The van der Waals surface area contributed by atoms with Crippen LogP contribution < -0.4 is 0 Å². The first-order valence-electron chi connectivity index (χ1n) is 3.36. The van der Waals surface area contributed by atoms with E-state index in [2.05, 4.69) is 19.1 Å². The Balaban J connectivity index is 3.35. The van der Waals surface area contributed by atoms with Crippen molar-refractivity contribution in [3.63, 3.8) is 0 Å². The lowest BCUT2D eigenvalue weighted by Gasteiger charge is -1.72. The van der Waals surface area contributed by atoms with Crippen LogP contribution >= 0.6 is 0 Å². The molecule has 0 fully saturated rings. The number of rotatable bonds is 3. The van der Waals surface area contributed by atoms with Crippen LogP contribution in [0.5, 0.6) is 0 Å². The van der Waals surface area contributed by atoms with Gasteiger partial charge in [0.2, 0.25) is 0 Å². The summed E-state index contributed by atoms with van der Waals surface area (Å²) in [4.78, 5) is 0. The molecule has 0 unspecified atom stereocenters. The normalized spacial score (nSPS) is 12.7. The molecule has 0 rings (SSSR count). The SMILES string of the molecule is C/C=C/C=CC=CCC. The first kappa shape index (κ1) is 8.22. The van der Waals surface area contributed by atoms with Crippen LogP contribution in [-0.2, 0) is 0 Å². The van der Waals surface area contributed by atoms with E-state index in [-0.39, 0.29) is 0 Å². The van der Waals surface area contributed by atoms with Gasteiger partial charge in [-0.15, -0.1) is 0 Å². The Bertz CT molecular complexity index is 116. The highest BCUT2D eigenvalue weighted by atomic mass is 13.7. The Kier molecular flexibility index (Phi) is 6.59. The van der Waals surface area contributed by atoms with Crippen molar-refractivity contribution >= 4 is 0 Å². The summed E-state index contributed by atoms with van der Waals surface area (Å²) in [5.74, 6) is 0. The molecular weight excluding hydrogens is 108 g/mol. The van der Waals surface area contributed by atoms with Crippen LogP contribution in [0.4, 0.5) is 0 Å². The lowest BCUT2D eigenvalue weighted by molar-refractivity contribution is 1.22. The van der Waals surface area contributed by atoms with Crippen molar-refractivity contribution in [2.24, 2.45) is 0 Å². The van der Waals surface area contributed by atoms with E-state index in [0.29, 0.717) is 0 Å². The fourth-order valence-corrected chi connectivity index (χ4v) is 0.454. The van der Waals surface area contributed by atoms with Gasteiger partial charge in [-0.2, -0.15) is 0 Å². The predicted molar refractivity (Wildman–Crippen MR) is 43.4 cm³/mol. The van der Waals surface area contributed by atoms with Crippen molar-refractivity contribution in [3.05, 3.63) is 36.5 Å². The second-order valence-corrected chi connectivity index (χ2v) is 1.75. The first-order valence-corrected chi connectivity index (χ1v) is 3.36. The number of hydrogen-bond donors (Lipinski definition) is 0. The first-order chi connectivity index (χ1) is 4.41. The maximum atomic E-state index is 2.12. The van der Waals surface area contributed by atoms with Crippen molar-refractivity contribution in [2.45, 2.75) is 20.3 Å². The maximum Gasteiger partial charge on any atom is -0.0376 e. The third kappa shape index (κ3) is 7.22. The molecule has 0 aliphatic carbocycles. The Morgan fingerprint density at radius 1 is 1.00 bits per heavy atom. The predicted octanol–water partition coefficient (Wildman–Crippen LogP) is 3.08. The highest BCUT2D eigenvalue weighted by molar-refractivity contribution is 5.10. The average Bonchev–Trinajstić information content (AvgIpc) is 1.89. The van der Waals surface area contributed by atoms with Crippen molar-refractivity contribution < 1.29 is 0 Å². The topological polar surface area (TPSA) is 0 Å². The molecule has 0 bridgehead atoms. The molecule has 0 saturated carbocycles. The van der Waals surface area contributed by atoms with Gasteiger partial charge in [-0.05, 0) is 13.3 Å². The molecule has 0 aromatic rings. The van der Waals surface area contributed by atoms with Crippen molar-refractivity contribution in [3.8, 4) is 0 Å². The molecule has 0 spiro atoms. The van der Waals surface area contributed by atoms with Gasteiger partial charge in [0.05, 0.1) is 0 Å². The fourth-order valence-electron chi connectivity index (χ4n) is 0.454. The summed E-state index contributed by atoms with van der Waals surface area (Å²) in [5, 5.41) is 0. The van der Waals surface area contributed by atoms with E-state index in [1.807, 2.05) is 31.2 Å². The molecule has 0 heteroatoms. The summed E-state index contributed by atoms with van der Waals surface area (Å²) in [6, 6.07) is 0. The Morgan fingerprint density at radius 2 is 1.67 bits per heavy atom.